The van der Waals surface area contributed by atoms with Crippen LogP contribution in [0.1, 0.15) is 196 Å². The van der Waals surface area contributed by atoms with Gasteiger partial charge in [0.1, 0.15) is 59.9 Å². The minimum Gasteiger partial charge on any atom is -0.343 e. The van der Waals surface area contributed by atoms with Crippen LogP contribution >= 0.6 is 11.6 Å². The van der Waals surface area contributed by atoms with E-state index in [4.69, 9.17) is 11.6 Å². The highest BCUT2D eigenvalue weighted by atomic mass is 35.5. The molecule has 31 heteroatoms. The summed E-state index contributed by atoms with van der Waals surface area (Å²) >= 11 is 6.38. The summed E-state index contributed by atoms with van der Waals surface area (Å²) in [5.74, 6) is -14.2. The van der Waals surface area contributed by atoms with Crippen molar-refractivity contribution in [1.82, 2.24) is 60.5 Å². The van der Waals surface area contributed by atoms with Gasteiger partial charge in [-0.3, -0.25) is 57.5 Å². The summed E-state index contributed by atoms with van der Waals surface area (Å²) in [4.78, 5) is 189. The molecule has 7 aliphatic rings. The molecule has 0 aromatic heterocycles. The topological polar surface area (TPSA) is 279 Å². The van der Waals surface area contributed by atoms with E-state index in [-0.39, 0.29) is 115 Å². The van der Waals surface area contributed by atoms with E-state index in [1.807, 2.05) is 20.8 Å². The fraction of sp³-hybridized carbons (Fsp3) is 0.833. The van der Waals surface area contributed by atoms with E-state index in [2.05, 4.69) is 21.3 Å². The van der Waals surface area contributed by atoms with Crippen molar-refractivity contribution < 1.29 is 83.9 Å². The lowest BCUT2D eigenvalue weighted by Gasteiger charge is -2.44. The van der Waals surface area contributed by atoms with E-state index in [0.717, 1.165) is 9.80 Å². The predicted molar refractivity (Wildman–Crippen MR) is 370 cm³/mol. The predicted octanol–water partition coefficient (Wildman–Crippen LogP) is 6.54. The summed E-state index contributed by atoms with van der Waals surface area (Å²) in [5, 5.41) is 10.1. The molecule has 1 spiro atoms. The van der Waals surface area contributed by atoms with Crippen LogP contribution in [0.25, 0.3) is 0 Å². The van der Waals surface area contributed by atoms with Crippen molar-refractivity contribution >= 4 is 82.5 Å². The Bertz CT molecular complexity index is 3050. The SMILES string of the molecule is CC[C@H](C)[C@@H]1NC(=O)[C@H](CC(C)C)N(C)C(=O)C[C@@H](C(=O)N2CCCC2)N(C)C(=O)[C@H]([C@@H](C)CC)N(C)C(=O)C2(CCCC2)NC(=O)[C@@H]2CCCN2C(=O)[C@H](CCC2CCC(C(F)(F)F)C(Cl)C2)NC(=O)CN(C)C(=O)[C@H](CC2CCC(C(F)(F)F)CC2)N(C)C(=O)[C@@H]2CCN2C(=O)[C@H](C)NC1=O. The number of fused-ring (bicyclic) bond motifs is 2. The lowest BCUT2D eigenvalue weighted by Crippen LogP contribution is -2.65. The Kier molecular flexibility index (Phi) is 29.1. The van der Waals surface area contributed by atoms with Crippen LogP contribution in [0, 0.1) is 41.4 Å². The van der Waals surface area contributed by atoms with Crippen molar-refractivity contribution in [3.05, 3.63) is 0 Å². The van der Waals surface area contributed by atoms with Crippen LogP contribution in [0.4, 0.5) is 26.3 Å². The van der Waals surface area contributed by atoms with E-state index in [9.17, 15) is 59.9 Å². The fourth-order valence-corrected chi connectivity index (χ4v) is 17.1. The summed E-state index contributed by atoms with van der Waals surface area (Å²) in [6.45, 7) is 12.2. The molecule has 12 amide bonds. The van der Waals surface area contributed by atoms with Gasteiger partial charge < -0.3 is 60.5 Å². The maximum Gasteiger partial charge on any atom is 0.393 e. The molecule has 4 aliphatic heterocycles. The molecule has 0 radical (unpaired) electrons. The first-order valence-electron chi connectivity index (χ1n) is 37.5. The highest BCUT2D eigenvalue weighted by Crippen LogP contribution is 2.45. The number of carbonyl (C=O) groups excluding carboxylic acids is 12. The number of nitrogens with zero attached hydrogens (tertiary/aromatic N) is 8. The molecule has 3 saturated carbocycles. The number of halogens is 7. The molecule has 4 heterocycles. The first-order chi connectivity index (χ1) is 48.3. The Hall–Kier alpha value is -6.49. The van der Waals surface area contributed by atoms with Crippen LogP contribution in [0.15, 0.2) is 0 Å². The minimum absolute atomic E-state index is 0.00425. The average Bonchev–Trinajstić information content (AvgIpc) is 1.55. The first kappa shape index (κ1) is 83.8. The highest BCUT2D eigenvalue weighted by Gasteiger charge is 2.53. The molecule has 4 N–H and O–H groups in total. The first-order valence-corrected chi connectivity index (χ1v) is 37.9. The summed E-state index contributed by atoms with van der Waals surface area (Å²) in [6, 6.07) is -11.8. The third-order valence-corrected chi connectivity index (χ3v) is 24.1. The average molecular weight is 1490 g/mol. The van der Waals surface area contributed by atoms with Crippen LogP contribution in [0.2, 0.25) is 0 Å². The number of likely N-dealkylation sites (N-methyl/N-ethyl adjacent to an activating group) is 5. The second-order valence-electron chi connectivity index (χ2n) is 31.2. The number of rotatable bonds is 12. The van der Waals surface area contributed by atoms with Crippen LogP contribution in [0.5, 0.6) is 0 Å². The van der Waals surface area contributed by atoms with E-state index in [1.54, 1.807) is 25.7 Å². The van der Waals surface area contributed by atoms with E-state index in [1.165, 1.54) is 66.7 Å². The Labute approximate surface area is 607 Å². The molecular weight excluding hydrogens is 1370 g/mol. The van der Waals surface area contributed by atoms with E-state index in [0.29, 0.717) is 58.0 Å². The lowest BCUT2D eigenvalue weighted by molar-refractivity contribution is -0.184. The van der Waals surface area contributed by atoms with Gasteiger partial charge in [-0.1, -0.05) is 67.2 Å². The Morgan fingerprint density at radius 3 is 1.76 bits per heavy atom. The quantitative estimate of drug-likeness (QED) is 0.120. The van der Waals surface area contributed by atoms with Crippen molar-refractivity contribution in [2.75, 3.05) is 68.0 Å². The molecule has 3 aliphatic carbocycles. The minimum atomic E-state index is -4.55. The third-order valence-electron chi connectivity index (χ3n) is 23.6. The maximum absolute atomic E-state index is 15.5. The van der Waals surface area contributed by atoms with E-state index < -0.39 is 197 Å². The standard InChI is InChI=1S/C72H113ClF6N12O12/c1-13-42(5)58-62(96)80-44(7)63(97)91-35-29-52(91)66(100)86(10)54(38-46-21-25-47(26-22-46)71(74,75)76)65(99)84(8)40-56(92)81-50(28-24-45-23-27-48(49(73)37-45)72(77,78)79)64(98)90-34-19-20-51(90)61(95)83-70(30-15-16-31-70)69(103)88(12)59(43(6)14-2)68(102)87(11)55(67(101)89-32-17-18-33-89)39-57(93)85(9)53(36-41(3)4)60(94)82-58/h41-55,58-59H,13-40H2,1-12H3,(H,80,96)(H,81,92)(H,82,94)(H,83,95)/t42-,43-,44-,45?,46?,47?,48?,49?,50-,51-,52-,53-,54-,55-,58-,59-/m0/s1. The maximum atomic E-state index is 15.5. The van der Waals surface area contributed by atoms with Gasteiger partial charge >= 0.3 is 12.4 Å². The third kappa shape index (κ3) is 20.2. The normalized spacial score (nSPS) is 31.9. The summed E-state index contributed by atoms with van der Waals surface area (Å²) in [7, 11) is 6.83. The van der Waals surface area contributed by atoms with Gasteiger partial charge in [-0.2, -0.15) is 26.3 Å². The second-order valence-corrected chi connectivity index (χ2v) is 31.8. The molecule has 7 fully saturated rings. The monoisotopic (exact) mass is 1490 g/mol. The zero-order valence-electron chi connectivity index (χ0n) is 62.2. The van der Waals surface area contributed by atoms with Crippen molar-refractivity contribution in [3.63, 3.8) is 0 Å². The van der Waals surface area contributed by atoms with Gasteiger partial charge in [0.05, 0.1) is 24.8 Å². The molecule has 14 atom stereocenters. The molecular formula is C72H113ClF6N12O12. The summed E-state index contributed by atoms with van der Waals surface area (Å²) in [5.41, 5.74) is -1.61. The highest BCUT2D eigenvalue weighted by molar-refractivity contribution is 6.21. The van der Waals surface area contributed by atoms with Gasteiger partial charge in [-0.25, -0.2) is 0 Å². The molecule has 7 rings (SSSR count). The van der Waals surface area contributed by atoms with Gasteiger partial charge in [-0.15, -0.1) is 11.6 Å². The number of hydrogen-bond donors (Lipinski definition) is 4. The number of nitrogens with one attached hydrogen (secondary N) is 4. The van der Waals surface area contributed by atoms with Crippen LogP contribution in [-0.2, 0) is 57.5 Å². The van der Waals surface area contributed by atoms with Crippen LogP contribution in [0.3, 0.4) is 0 Å². The van der Waals surface area contributed by atoms with Crippen LogP contribution < -0.4 is 21.3 Å². The molecule has 3 unspecified atom stereocenters. The van der Waals surface area contributed by atoms with Crippen molar-refractivity contribution in [3.8, 4) is 0 Å². The zero-order valence-corrected chi connectivity index (χ0v) is 63.0. The van der Waals surface area contributed by atoms with Crippen molar-refractivity contribution in [2.45, 2.75) is 274 Å². The summed E-state index contributed by atoms with van der Waals surface area (Å²) < 4.78 is 84.0. The Morgan fingerprint density at radius 1 is 0.583 bits per heavy atom. The Morgan fingerprint density at radius 2 is 1.19 bits per heavy atom. The van der Waals surface area contributed by atoms with Gasteiger partial charge in [0, 0.05) is 66.8 Å². The zero-order chi connectivity index (χ0) is 76.5. The number of hydrogen-bond acceptors (Lipinski definition) is 12. The molecule has 24 nitrogen and oxygen atoms in total. The second kappa shape index (κ2) is 35.7. The number of carbonyl (C=O) groups is 12. The van der Waals surface area contributed by atoms with Crippen LogP contribution in [-0.4, -0.2) is 256 Å². The molecule has 0 bridgehead atoms. The van der Waals surface area contributed by atoms with Gasteiger partial charge in [-0.05, 0) is 152 Å². The largest absolute Gasteiger partial charge is 0.393 e. The van der Waals surface area contributed by atoms with E-state index >= 15 is 24.0 Å². The van der Waals surface area contributed by atoms with Gasteiger partial charge in [0.25, 0.3) is 0 Å². The number of alkyl halides is 7. The molecule has 103 heavy (non-hydrogen) atoms. The van der Waals surface area contributed by atoms with Gasteiger partial charge in [0.15, 0.2) is 0 Å². The lowest BCUT2D eigenvalue weighted by atomic mass is 9.78. The van der Waals surface area contributed by atoms with Crippen molar-refractivity contribution in [1.29, 1.82) is 0 Å². The fourth-order valence-electron chi connectivity index (χ4n) is 16.5. The number of amides is 12. The number of likely N-dealkylation sites (tertiary alicyclic amines) is 1. The molecule has 0 aromatic carbocycles. The molecule has 4 saturated heterocycles. The van der Waals surface area contributed by atoms with Gasteiger partial charge in [0.2, 0.25) is 70.9 Å². The molecule has 582 valence electrons. The molecule has 0 aromatic rings. The van der Waals surface area contributed by atoms with Crippen molar-refractivity contribution in [2.24, 2.45) is 41.4 Å². The Balaban J connectivity index is 1.27. The summed E-state index contributed by atoms with van der Waals surface area (Å²) in [6.07, 6.45) is -6.55. The smallest absolute Gasteiger partial charge is 0.343 e.